The van der Waals surface area contributed by atoms with E-state index in [1.807, 2.05) is 0 Å². The zero-order chi connectivity index (χ0) is 21.7. The molecule has 0 spiro atoms. The summed E-state index contributed by atoms with van der Waals surface area (Å²) >= 11 is 6.58. The predicted molar refractivity (Wildman–Crippen MR) is 112 cm³/mol. The van der Waals surface area contributed by atoms with Gasteiger partial charge < -0.3 is 9.47 Å². The van der Waals surface area contributed by atoms with Crippen molar-refractivity contribution in [1.82, 2.24) is 4.90 Å². The van der Waals surface area contributed by atoms with Gasteiger partial charge in [0.25, 0.3) is 11.1 Å². The predicted octanol–water partition coefficient (Wildman–Crippen LogP) is 3.81. The summed E-state index contributed by atoms with van der Waals surface area (Å²) in [6.45, 7) is -0.555. The minimum Gasteiger partial charge on any atom is -0.482 e. The highest BCUT2D eigenvalue weighted by Gasteiger charge is 2.36. The lowest BCUT2D eigenvalue weighted by Crippen LogP contribution is -2.33. The monoisotopic (exact) mass is 445 g/mol. The molecule has 9 heteroatoms. The number of benzene rings is 2. The Hall–Kier alpha value is -3.10. The maximum Gasteiger partial charge on any atom is 0.343 e. The number of nitrogens with zero attached hydrogens (tertiary/aromatic N) is 1. The van der Waals surface area contributed by atoms with Crippen LogP contribution in [0.5, 0.6) is 5.75 Å². The van der Waals surface area contributed by atoms with Crippen molar-refractivity contribution in [2.75, 3.05) is 20.3 Å². The van der Waals surface area contributed by atoms with Gasteiger partial charge in [-0.3, -0.25) is 19.3 Å². The molecule has 1 saturated heterocycles. The average Bonchev–Trinajstić information content (AvgIpc) is 3.00. The molecule has 0 aliphatic carbocycles. The molecule has 1 heterocycles. The maximum atomic E-state index is 12.6. The molecule has 154 valence electrons. The molecule has 1 aliphatic heterocycles. The summed E-state index contributed by atoms with van der Waals surface area (Å²) in [7, 11) is 1.27. The van der Waals surface area contributed by atoms with Crippen molar-refractivity contribution in [2.24, 2.45) is 0 Å². The molecule has 7 nitrogen and oxygen atoms in total. The molecule has 2 aromatic rings. The van der Waals surface area contributed by atoms with Crippen LogP contribution in [0.4, 0.5) is 4.79 Å². The lowest BCUT2D eigenvalue weighted by Gasteiger charge is -2.11. The number of thioether (sulfide) groups is 1. The van der Waals surface area contributed by atoms with Crippen molar-refractivity contribution in [2.45, 2.75) is 0 Å². The van der Waals surface area contributed by atoms with Gasteiger partial charge in [-0.1, -0.05) is 23.7 Å². The summed E-state index contributed by atoms with van der Waals surface area (Å²) in [5, 5.41) is -0.0195. The van der Waals surface area contributed by atoms with Gasteiger partial charge in [-0.15, -0.1) is 0 Å². The SMILES string of the molecule is COC(=O)COc1ccc(/C=C2\SC(=O)N(CC(=O)c3ccc(Cl)cc3)C2=O)cc1. The molecule has 0 saturated carbocycles. The van der Waals surface area contributed by atoms with Gasteiger partial charge in [0.1, 0.15) is 5.75 Å². The maximum absolute atomic E-state index is 12.6. The van der Waals surface area contributed by atoms with Crippen LogP contribution < -0.4 is 4.74 Å². The van der Waals surface area contributed by atoms with E-state index in [2.05, 4.69) is 4.74 Å². The van der Waals surface area contributed by atoms with E-state index in [9.17, 15) is 19.2 Å². The van der Waals surface area contributed by atoms with Crippen molar-refractivity contribution in [3.05, 3.63) is 69.6 Å². The first kappa shape index (κ1) is 21.6. The third-order valence-corrected chi connectivity index (χ3v) is 5.26. The lowest BCUT2D eigenvalue weighted by atomic mass is 10.1. The molecule has 2 amide bonds. The van der Waals surface area contributed by atoms with Gasteiger partial charge in [-0.05, 0) is 59.8 Å². The van der Waals surface area contributed by atoms with Crippen molar-refractivity contribution in [1.29, 1.82) is 0 Å². The Labute approximate surface area is 181 Å². The molecule has 30 heavy (non-hydrogen) atoms. The molecule has 0 unspecified atom stereocenters. The van der Waals surface area contributed by atoms with E-state index < -0.39 is 17.1 Å². The van der Waals surface area contributed by atoms with Crippen LogP contribution in [0.3, 0.4) is 0 Å². The molecular formula is C21H16ClNO6S. The lowest BCUT2D eigenvalue weighted by molar-refractivity contribution is -0.142. The first-order valence-corrected chi connectivity index (χ1v) is 9.90. The number of methoxy groups -OCH3 is 1. The number of rotatable bonds is 7. The van der Waals surface area contributed by atoms with Gasteiger partial charge in [0.15, 0.2) is 12.4 Å². The van der Waals surface area contributed by atoms with E-state index >= 15 is 0 Å². The van der Waals surface area contributed by atoms with Crippen LogP contribution in [0.25, 0.3) is 6.08 Å². The second-order valence-corrected chi connectivity index (χ2v) is 7.56. The Morgan fingerprint density at radius 3 is 2.37 bits per heavy atom. The Bertz CT molecular complexity index is 1020. The number of hydrogen-bond acceptors (Lipinski definition) is 7. The standard InChI is InChI=1S/C21H16ClNO6S/c1-28-19(25)12-29-16-8-2-13(3-9-16)10-18-20(26)23(21(27)30-18)11-17(24)14-4-6-15(22)7-5-14/h2-10H,11-12H2,1H3/b18-10-. The molecular weight excluding hydrogens is 430 g/mol. The Kier molecular flexibility index (Phi) is 6.91. The number of carbonyl (C=O) groups is 4. The minimum atomic E-state index is -0.529. The summed E-state index contributed by atoms with van der Waals surface area (Å²) in [5.74, 6) is -0.930. The Balaban J connectivity index is 1.66. The number of ether oxygens (including phenoxy) is 2. The molecule has 0 N–H and O–H groups in total. The van der Waals surface area contributed by atoms with E-state index in [1.54, 1.807) is 54.6 Å². The largest absolute Gasteiger partial charge is 0.482 e. The molecule has 0 atom stereocenters. The Morgan fingerprint density at radius 1 is 1.07 bits per heavy atom. The fraction of sp³-hybridized carbons (Fsp3) is 0.143. The van der Waals surface area contributed by atoms with Crippen molar-refractivity contribution < 1.29 is 28.7 Å². The first-order chi connectivity index (χ1) is 14.4. The van der Waals surface area contributed by atoms with Crippen LogP contribution in [0.2, 0.25) is 5.02 Å². The van der Waals surface area contributed by atoms with E-state index in [1.165, 1.54) is 7.11 Å². The normalized spacial score (nSPS) is 14.9. The molecule has 1 fully saturated rings. The van der Waals surface area contributed by atoms with E-state index in [-0.39, 0.29) is 23.8 Å². The smallest absolute Gasteiger partial charge is 0.343 e. The second kappa shape index (κ2) is 9.60. The number of carbonyl (C=O) groups excluding carboxylic acids is 4. The summed E-state index contributed by atoms with van der Waals surface area (Å²) in [4.78, 5) is 49.4. The highest BCUT2D eigenvalue weighted by atomic mass is 35.5. The molecule has 3 rings (SSSR count). The fourth-order valence-corrected chi connectivity index (χ4v) is 3.48. The van der Waals surface area contributed by atoms with E-state index in [0.717, 1.165) is 16.7 Å². The van der Waals surface area contributed by atoms with Gasteiger partial charge in [0.05, 0.1) is 18.6 Å². The summed E-state index contributed by atoms with van der Waals surface area (Å²) in [6.07, 6.45) is 1.56. The topological polar surface area (TPSA) is 90.0 Å². The molecule has 2 aromatic carbocycles. The number of esters is 1. The first-order valence-electron chi connectivity index (χ1n) is 8.71. The van der Waals surface area contributed by atoms with Crippen molar-refractivity contribution >= 4 is 52.3 Å². The van der Waals surface area contributed by atoms with Gasteiger partial charge in [0, 0.05) is 10.6 Å². The van der Waals surface area contributed by atoms with Crippen LogP contribution in [0.15, 0.2) is 53.4 Å². The third kappa shape index (κ3) is 5.28. The summed E-state index contributed by atoms with van der Waals surface area (Å²) in [6, 6.07) is 12.8. The number of halogens is 1. The molecule has 0 bridgehead atoms. The van der Waals surface area contributed by atoms with Gasteiger partial charge in [-0.25, -0.2) is 4.79 Å². The van der Waals surface area contributed by atoms with Crippen LogP contribution >= 0.6 is 23.4 Å². The summed E-state index contributed by atoms with van der Waals surface area (Å²) < 4.78 is 9.75. The highest BCUT2D eigenvalue weighted by Crippen LogP contribution is 2.32. The fourth-order valence-electron chi connectivity index (χ4n) is 2.52. The minimum absolute atomic E-state index is 0.212. The third-order valence-electron chi connectivity index (χ3n) is 4.10. The number of amides is 2. The average molecular weight is 446 g/mol. The highest BCUT2D eigenvalue weighted by molar-refractivity contribution is 8.18. The number of Topliss-reactive ketones (excluding diaryl/α,β-unsaturated/α-hetero) is 1. The quantitative estimate of drug-likeness (QED) is 0.363. The van der Waals surface area contributed by atoms with Crippen LogP contribution in [0.1, 0.15) is 15.9 Å². The molecule has 0 radical (unpaired) electrons. The van der Waals surface area contributed by atoms with Gasteiger partial charge in [0.2, 0.25) is 0 Å². The Morgan fingerprint density at radius 2 is 1.73 bits per heavy atom. The number of hydrogen-bond donors (Lipinski definition) is 0. The van der Waals surface area contributed by atoms with Crippen LogP contribution in [-0.2, 0) is 14.3 Å². The molecule has 0 aromatic heterocycles. The number of ketones is 1. The summed E-state index contributed by atoms with van der Waals surface area (Å²) in [5.41, 5.74) is 1.03. The number of imide groups is 1. The van der Waals surface area contributed by atoms with E-state index in [4.69, 9.17) is 16.3 Å². The van der Waals surface area contributed by atoms with Crippen molar-refractivity contribution in [3.63, 3.8) is 0 Å². The zero-order valence-corrected chi connectivity index (χ0v) is 17.4. The second-order valence-electron chi connectivity index (χ2n) is 6.13. The van der Waals surface area contributed by atoms with Crippen LogP contribution in [0, 0.1) is 0 Å². The van der Waals surface area contributed by atoms with Crippen molar-refractivity contribution in [3.8, 4) is 5.75 Å². The van der Waals surface area contributed by atoms with E-state index in [0.29, 0.717) is 21.9 Å². The molecule has 1 aliphatic rings. The van der Waals surface area contributed by atoms with Gasteiger partial charge in [-0.2, -0.15) is 0 Å². The zero-order valence-electron chi connectivity index (χ0n) is 15.8. The van der Waals surface area contributed by atoms with Gasteiger partial charge >= 0.3 is 5.97 Å². The van der Waals surface area contributed by atoms with Crippen LogP contribution in [-0.4, -0.2) is 48.1 Å².